The van der Waals surface area contributed by atoms with Gasteiger partial charge in [-0.3, -0.25) is 9.59 Å². The largest absolute Gasteiger partial charge is 0.481 e. The Morgan fingerprint density at radius 2 is 1.79 bits per heavy atom. The minimum Gasteiger partial charge on any atom is -0.481 e. The summed E-state index contributed by atoms with van der Waals surface area (Å²) >= 11 is 0. The molecule has 19 heavy (non-hydrogen) atoms. The third-order valence-electron chi connectivity index (χ3n) is 2.55. The van der Waals surface area contributed by atoms with Gasteiger partial charge in [-0.15, -0.1) is 0 Å². The van der Waals surface area contributed by atoms with E-state index in [0.29, 0.717) is 6.07 Å². The first kappa shape index (κ1) is 15.0. The van der Waals surface area contributed by atoms with Crippen molar-refractivity contribution in [3.8, 4) is 0 Å². The number of carboxylic acid groups (broad SMARTS) is 1. The van der Waals surface area contributed by atoms with Crippen molar-refractivity contribution < 1.29 is 27.9 Å². The van der Waals surface area contributed by atoms with Crippen molar-refractivity contribution in [2.24, 2.45) is 5.41 Å². The summed E-state index contributed by atoms with van der Waals surface area (Å²) < 4.78 is 38.9. The normalized spacial score (nSPS) is 11.2. The van der Waals surface area contributed by atoms with Crippen LogP contribution in [0.5, 0.6) is 0 Å². The predicted molar refractivity (Wildman–Crippen MR) is 60.1 cm³/mol. The molecule has 0 atom stereocenters. The molecule has 0 heterocycles. The van der Waals surface area contributed by atoms with Crippen LogP contribution in [0.15, 0.2) is 12.1 Å². The van der Waals surface area contributed by atoms with E-state index in [0.717, 1.165) is 6.07 Å². The summed E-state index contributed by atoms with van der Waals surface area (Å²) in [6, 6.07) is 1.41. The molecule has 0 aromatic heterocycles. The lowest BCUT2D eigenvalue weighted by molar-refractivity contribution is -0.146. The van der Waals surface area contributed by atoms with E-state index in [2.05, 4.69) is 5.32 Å². The molecule has 1 rings (SSSR count). The van der Waals surface area contributed by atoms with Crippen molar-refractivity contribution >= 4 is 11.9 Å². The van der Waals surface area contributed by atoms with Gasteiger partial charge in [0.2, 0.25) is 0 Å². The van der Waals surface area contributed by atoms with E-state index in [1.807, 2.05) is 0 Å². The molecule has 1 aromatic rings. The molecule has 0 aliphatic heterocycles. The van der Waals surface area contributed by atoms with Gasteiger partial charge < -0.3 is 10.4 Å². The molecule has 0 spiro atoms. The number of amides is 1. The highest BCUT2D eigenvalue weighted by molar-refractivity contribution is 5.94. The van der Waals surface area contributed by atoms with Crippen molar-refractivity contribution in [1.29, 1.82) is 0 Å². The number of hydrogen-bond acceptors (Lipinski definition) is 2. The van der Waals surface area contributed by atoms with E-state index in [1.54, 1.807) is 0 Å². The fraction of sp³-hybridized carbons (Fsp3) is 0.333. The summed E-state index contributed by atoms with van der Waals surface area (Å²) in [4.78, 5) is 22.4. The van der Waals surface area contributed by atoms with Crippen molar-refractivity contribution in [3.63, 3.8) is 0 Å². The lowest BCUT2D eigenvalue weighted by atomic mass is 9.94. The maximum Gasteiger partial charge on any atom is 0.310 e. The monoisotopic (exact) mass is 275 g/mol. The molecule has 0 radical (unpaired) electrons. The highest BCUT2D eigenvalue weighted by Crippen LogP contribution is 2.17. The van der Waals surface area contributed by atoms with Gasteiger partial charge in [-0.2, -0.15) is 0 Å². The minimum absolute atomic E-state index is 0.278. The van der Waals surface area contributed by atoms with Crippen molar-refractivity contribution in [3.05, 3.63) is 35.1 Å². The molecule has 0 aliphatic rings. The highest BCUT2D eigenvalue weighted by Gasteiger charge is 2.28. The van der Waals surface area contributed by atoms with Gasteiger partial charge in [0.15, 0.2) is 17.5 Å². The van der Waals surface area contributed by atoms with Gasteiger partial charge in [0.1, 0.15) is 0 Å². The zero-order valence-electron chi connectivity index (χ0n) is 10.3. The van der Waals surface area contributed by atoms with Crippen LogP contribution >= 0.6 is 0 Å². The van der Waals surface area contributed by atoms with Crippen LogP contribution in [-0.4, -0.2) is 23.5 Å². The van der Waals surface area contributed by atoms with Crippen LogP contribution in [0.25, 0.3) is 0 Å². The molecule has 4 nitrogen and oxygen atoms in total. The smallest absolute Gasteiger partial charge is 0.310 e. The molecular formula is C12H12F3NO3. The van der Waals surface area contributed by atoms with Crippen LogP contribution in [0, 0.1) is 22.9 Å². The summed E-state index contributed by atoms with van der Waals surface area (Å²) in [7, 11) is 0. The maximum atomic E-state index is 13.3. The topological polar surface area (TPSA) is 66.4 Å². The summed E-state index contributed by atoms with van der Waals surface area (Å²) in [5, 5.41) is 11.0. The molecule has 1 aromatic carbocycles. The zero-order valence-corrected chi connectivity index (χ0v) is 10.3. The molecule has 7 heteroatoms. The molecular weight excluding hydrogens is 263 g/mol. The van der Waals surface area contributed by atoms with Gasteiger partial charge in [0.25, 0.3) is 5.91 Å². The van der Waals surface area contributed by atoms with Crippen LogP contribution in [0.2, 0.25) is 0 Å². The first-order valence-corrected chi connectivity index (χ1v) is 5.32. The fourth-order valence-corrected chi connectivity index (χ4v) is 1.17. The first-order chi connectivity index (χ1) is 8.66. The number of hydrogen-bond donors (Lipinski definition) is 2. The standard InChI is InChI=1S/C12H12F3NO3/c1-12(2,11(18)19)5-16-10(17)6-3-4-7(13)9(15)8(6)14/h3-4H,5H2,1-2H3,(H,16,17)(H,18,19). The van der Waals surface area contributed by atoms with E-state index in [-0.39, 0.29) is 6.54 Å². The molecule has 0 saturated carbocycles. The van der Waals surface area contributed by atoms with E-state index in [4.69, 9.17) is 5.11 Å². The predicted octanol–water partition coefficient (Wildman–Crippen LogP) is 1.94. The Morgan fingerprint density at radius 3 is 2.32 bits per heavy atom. The number of halogens is 3. The second-order valence-electron chi connectivity index (χ2n) is 4.59. The number of nitrogens with one attached hydrogen (secondary N) is 1. The summed E-state index contributed by atoms with van der Waals surface area (Å²) in [6.45, 7) is 2.44. The molecule has 0 aliphatic carbocycles. The number of rotatable bonds is 4. The van der Waals surface area contributed by atoms with E-state index in [9.17, 15) is 22.8 Å². The Balaban J connectivity index is 2.86. The van der Waals surface area contributed by atoms with E-state index in [1.165, 1.54) is 13.8 Å². The fourth-order valence-electron chi connectivity index (χ4n) is 1.17. The van der Waals surface area contributed by atoms with Crippen molar-refractivity contribution in [2.75, 3.05) is 6.54 Å². The van der Waals surface area contributed by atoms with E-state index < -0.39 is 40.3 Å². The molecule has 0 bridgehead atoms. The third-order valence-corrected chi connectivity index (χ3v) is 2.55. The van der Waals surface area contributed by atoms with Gasteiger partial charge in [-0.05, 0) is 26.0 Å². The van der Waals surface area contributed by atoms with Crippen LogP contribution in [0.3, 0.4) is 0 Å². The van der Waals surface area contributed by atoms with Gasteiger partial charge in [0.05, 0.1) is 11.0 Å². The van der Waals surface area contributed by atoms with Crippen molar-refractivity contribution in [2.45, 2.75) is 13.8 Å². The second kappa shape index (κ2) is 5.29. The number of carbonyl (C=O) groups excluding carboxylic acids is 1. The van der Waals surface area contributed by atoms with Crippen molar-refractivity contribution in [1.82, 2.24) is 5.32 Å². The lowest BCUT2D eigenvalue weighted by Crippen LogP contribution is -2.39. The highest BCUT2D eigenvalue weighted by atomic mass is 19.2. The van der Waals surface area contributed by atoms with Crippen LogP contribution in [-0.2, 0) is 4.79 Å². The number of carboxylic acids is 1. The molecule has 0 unspecified atom stereocenters. The average molecular weight is 275 g/mol. The third kappa shape index (κ3) is 3.24. The Labute approximate surface area is 107 Å². The number of benzene rings is 1. The lowest BCUT2D eigenvalue weighted by Gasteiger charge is -2.19. The maximum absolute atomic E-state index is 13.3. The Bertz CT molecular complexity index is 529. The van der Waals surface area contributed by atoms with Gasteiger partial charge in [-0.1, -0.05) is 0 Å². The first-order valence-electron chi connectivity index (χ1n) is 5.32. The molecule has 0 fully saturated rings. The van der Waals surface area contributed by atoms with Gasteiger partial charge in [0, 0.05) is 6.54 Å². The molecule has 104 valence electrons. The SMILES string of the molecule is CC(C)(CNC(=O)c1ccc(F)c(F)c1F)C(=O)O. The summed E-state index contributed by atoms with van der Waals surface area (Å²) in [5.41, 5.74) is -1.94. The molecule has 0 saturated heterocycles. The Hall–Kier alpha value is -2.05. The quantitative estimate of drug-likeness (QED) is 0.825. The summed E-state index contributed by atoms with van der Waals surface area (Å²) in [6.07, 6.45) is 0. The molecule has 2 N–H and O–H groups in total. The molecule has 1 amide bonds. The van der Waals surface area contributed by atoms with E-state index >= 15 is 0 Å². The van der Waals surface area contributed by atoms with Crippen LogP contribution < -0.4 is 5.32 Å². The number of aliphatic carboxylic acids is 1. The Morgan fingerprint density at radius 1 is 1.21 bits per heavy atom. The number of carbonyl (C=O) groups is 2. The summed E-state index contributed by atoms with van der Waals surface area (Å²) in [5.74, 6) is -6.92. The van der Waals surface area contributed by atoms with Crippen LogP contribution in [0.4, 0.5) is 13.2 Å². The van der Waals surface area contributed by atoms with Gasteiger partial charge in [-0.25, -0.2) is 13.2 Å². The minimum atomic E-state index is -1.75. The second-order valence-corrected chi connectivity index (χ2v) is 4.59. The van der Waals surface area contributed by atoms with Gasteiger partial charge >= 0.3 is 5.97 Å². The zero-order chi connectivity index (χ0) is 14.8. The van der Waals surface area contributed by atoms with Crippen LogP contribution in [0.1, 0.15) is 24.2 Å². The Kier molecular flexibility index (Phi) is 4.18. The average Bonchev–Trinajstić information content (AvgIpc) is 2.33.